The van der Waals surface area contributed by atoms with Crippen LogP contribution in [0.25, 0.3) is 0 Å². The lowest BCUT2D eigenvalue weighted by Crippen LogP contribution is -2.17. The normalized spacial score (nSPS) is 10.8. The minimum atomic E-state index is -0.150. The summed E-state index contributed by atoms with van der Waals surface area (Å²) < 4.78 is 5.11. The summed E-state index contributed by atoms with van der Waals surface area (Å²) in [5.74, 6) is 0.673. The van der Waals surface area contributed by atoms with Gasteiger partial charge in [-0.1, -0.05) is 41.4 Å². The van der Waals surface area contributed by atoms with E-state index in [4.69, 9.17) is 27.9 Å². The Balaban J connectivity index is 1.76. The van der Waals surface area contributed by atoms with Crippen LogP contribution in [0.4, 0.5) is 0 Å². The number of methoxy groups -OCH3 is 1. The number of hydrogen-bond acceptors (Lipinski definition) is 3. The maximum Gasteiger partial charge on any atom is 0.240 e. The molecule has 6 heteroatoms. The van der Waals surface area contributed by atoms with Crippen molar-refractivity contribution >= 4 is 35.3 Å². The number of nitrogens with one attached hydrogen (secondary N) is 1. The Morgan fingerprint density at radius 3 is 2.46 bits per heavy atom. The Hall–Kier alpha value is -2.04. The van der Waals surface area contributed by atoms with E-state index in [0.717, 1.165) is 24.2 Å². The first-order valence-corrected chi connectivity index (χ1v) is 8.24. The third-order valence-electron chi connectivity index (χ3n) is 3.41. The first kappa shape index (κ1) is 18.3. The van der Waals surface area contributed by atoms with Gasteiger partial charge in [0.25, 0.3) is 0 Å². The molecule has 1 N–H and O–H groups in total. The van der Waals surface area contributed by atoms with Gasteiger partial charge in [-0.25, -0.2) is 5.43 Å². The van der Waals surface area contributed by atoms with E-state index in [1.165, 1.54) is 6.21 Å². The molecule has 2 aromatic rings. The van der Waals surface area contributed by atoms with Gasteiger partial charge in [-0.3, -0.25) is 4.79 Å². The second-order valence-electron chi connectivity index (χ2n) is 5.13. The summed E-state index contributed by atoms with van der Waals surface area (Å²) in [6, 6.07) is 13.0. The average molecular weight is 365 g/mol. The lowest BCUT2D eigenvalue weighted by molar-refractivity contribution is -0.121. The van der Waals surface area contributed by atoms with E-state index in [1.54, 1.807) is 25.3 Å². The quantitative estimate of drug-likeness (QED) is 0.581. The Morgan fingerprint density at radius 1 is 1.17 bits per heavy atom. The van der Waals surface area contributed by atoms with Gasteiger partial charge in [-0.2, -0.15) is 5.10 Å². The molecule has 0 spiro atoms. The van der Waals surface area contributed by atoms with E-state index >= 15 is 0 Å². The van der Waals surface area contributed by atoms with Crippen molar-refractivity contribution in [2.45, 2.75) is 19.3 Å². The van der Waals surface area contributed by atoms with Gasteiger partial charge in [0.15, 0.2) is 0 Å². The fourth-order valence-electron chi connectivity index (χ4n) is 2.10. The van der Waals surface area contributed by atoms with E-state index in [-0.39, 0.29) is 5.91 Å². The van der Waals surface area contributed by atoms with Crippen molar-refractivity contribution in [1.82, 2.24) is 5.43 Å². The number of hydrogen-bond donors (Lipinski definition) is 1. The van der Waals surface area contributed by atoms with Crippen molar-refractivity contribution in [3.63, 3.8) is 0 Å². The number of aryl methyl sites for hydroxylation is 1. The molecule has 0 saturated heterocycles. The fourth-order valence-corrected chi connectivity index (χ4v) is 2.60. The maximum absolute atomic E-state index is 11.8. The van der Waals surface area contributed by atoms with Crippen molar-refractivity contribution in [2.75, 3.05) is 7.11 Å². The van der Waals surface area contributed by atoms with Crippen LogP contribution < -0.4 is 10.2 Å². The van der Waals surface area contributed by atoms with Crippen LogP contribution in [0.15, 0.2) is 47.6 Å². The number of carbonyl (C=O) groups is 1. The van der Waals surface area contributed by atoms with Crippen molar-refractivity contribution in [3.05, 3.63) is 63.6 Å². The van der Waals surface area contributed by atoms with Crippen molar-refractivity contribution in [1.29, 1.82) is 0 Å². The molecule has 2 rings (SSSR count). The monoisotopic (exact) mass is 364 g/mol. The molecule has 2 aromatic carbocycles. The summed E-state index contributed by atoms with van der Waals surface area (Å²) >= 11 is 12.0. The van der Waals surface area contributed by atoms with Gasteiger partial charge >= 0.3 is 0 Å². The Morgan fingerprint density at radius 2 is 1.83 bits per heavy atom. The maximum atomic E-state index is 11.8. The van der Waals surface area contributed by atoms with Gasteiger partial charge in [0.2, 0.25) is 5.91 Å². The van der Waals surface area contributed by atoms with E-state index < -0.39 is 0 Å². The molecule has 126 valence electrons. The van der Waals surface area contributed by atoms with Gasteiger partial charge in [0.1, 0.15) is 5.75 Å². The lowest BCUT2D eigenvalue weighted by atomic mass is 10.1. The fraction of sp³-hybridized carbons (Fsp3) is 0.222. The zero-order valence-electron chi connectivity index (χ0n) is 13.3. The SMILES string of the molecule is COc1ccc(CCCC(=O)NN=Cc2c(Cl)cccc2Cl)cc1. The molecule has 0 aliphatic carbocycles. The van der Waals surface area contributed by atoms with Crippen molar-refractivity contribution in [2.24, 2.45) is 5.10 Å². The van der Waals surface area contributed by atoms with Gasteiger partial charge in [-0.05, 0) is 42.7 Å². The van der Waals surface area contributed by atoms with Crippen LogP contribution in [-0.2, 0) is 11.2 Å². The standard InChI is InChI=1S/C18H18Cl2N2O2/c1-24-14-10-8-13(9-11-14)4-2-7-18(23)22-21-12-15-16(19)5-3-6-17(15)20/h3,5-6,8-12H,2,4,7H2,1H3,(H,22,23). The number of benzene rings is 2. The predicted octanol–water partition coefficient (Wildman–Crippen LogP) is 4.48. The Labute approximate surface area is 151 Å². The number of halogens is 2. The second kappa shape index (κ2) is 9.30. The van der Waals surface area contributed by atoms with E-state index in [0.29, 0.717) is 22.0 Å². The predicted molar refractivity (Wildman–Crippen MR) is 98.1 cm³/mol. The number of nitrogens with zero attached hydrogens (tertiary/aromatic N) is 1. The largest absolute Gasteiger partial charge is 0.497 e. The first-order chi connectivity index (χ1) is 11.6. The lowest BCUT2D eigenvalue weighted by Gasteiger charge is -2.04. The number of amides is 1. The topological polar surface area (TPSA) is 50.7 Å². The number of hydrazone groups is 1. The molecule has 0 fully saturated rings. The molecule has 0 unspecified atom stereocenters. The summed E-state index contributed by atoms with van der Waals surface area (Å²) in [7, 11) is 1.63. The molecular weight excluding hydrogens is 347 g/mol. The Kier molecular flexibility index (Phi) is 7.09. The van der Waals surface area contributed by atoms with Crippen LogP contribution in [0.5, 0.6) is 5.75 Å². The molecule has 0 atom stereocenters. The Bertz CT molecular complexity index is 695. The molecule has 0 aliphatic heterocycles. The van der Waals surface area contributed by atoms with Crippen LogP contribution in [-0.4, -0.2) is 19.2 Å². The average Bonchev–Trinajstić information content (AvgIpc) is 2.58. The molecule has 0 saturated carbocycles. The molecule has 0 aliphatic rings. The number of ether oxygens (including phenoxy) is 1. The highest BCUT2D eigenvalue weighted by atomic mass is 35.5. The minimum Gasteiger partial charge on any atom is -0.497 e. The highest BCUT2D eigenvalue weighted by molar-refractivity contribution is 6.38. The van der Waals surface area contributed by atoms with Crippen LogP contribution >= 0.6 is 23.2 Å². The minimum absolute atomic E-state index is 0.150. The van der Waals surface area contributed by atoms with Gasteiger partial charge in [-0.15, -0.1) is 0 Å². The summed E-state index contributed by atoms with van der Waals surface area (Å²) in [5.41, 5.74) is 4.23. The van der Waals surface area contributed by atoms with Crippen LogP contribution in [0, 0.1) is 0 Å². The van der Waals surface area contributed by atoms with Crippen molar-refractivity contribution in [3.8, 4) is 5.75 Å². The first-order valence-electron chi connectivity index (χ1n) is 7.49. The summed E-state index contributed by atoms with van der Waals surface area (Å²) in [5, 5.41) is 4.87. The van der Waals surface area contributed by atoms with Gasteiger partial charge in [0, 0.05) is 12.0 Å². The highest BCUT2D eigenvalue weighted by Gasteiger charge is 2.03. The molecule has 4 nitrogen and oxygen atoms in total. The van der Waals surface area contributed by atoms with Gasteiger partial charge < -0.3 is 4.74 Å². The molecule has 1 amide bonds. The molecular formula is C18H18Cl2N2O2. The molecule has 24 heavy (non-hydrogen) atoms. The number of rotatable bonds is 7. The van der Waals surface area contributed by atoms with Crippen molar-refractivity contribution < 1.29 is 9.53 Å². The van der Waals surface area contributed by atoms with E-state index in [2.05, 4.69) is 10.5 Å². The molecule has 0 radical (unpaired) electrons. The summed E-state index contributed by atoms with van der Waals surface area (Å²) in [4.78, 5) is 11.8. The smallest absolute Gasteiger partial charge is 0.240 e. The van der Waals surface area contributed by atoms with Crippen LogP contribution in [0.2, 0.25) is 10.0 Å². The molecule has 0 bridgehead atoms. The van der Waals surface area contributed by atoms with E-state index in [1.807, 2.05) is 24.3 Å². The highest BCUT2D eigenvalue weighted by Crippen LogP contribution is 2.22. The van der Waals surface area contributed by atoms with E-state index in [9.17, 15) is 4.79 Å². The van der Waals surface area contributed by atoms with Crippen LogP contribution in [0.1, 0.15) is 24.0 Å². The number of carbonyl (C=O) groups excluding carboxylic acids is 1. The third kappa shape index (κ3) is 5.55. The molecule has 0 aromatic heterocycles. The zero-order valence-corrected chi connectivity index (χ0v) is 14.8. The third-order valence-corrected chi connectivity index (χ3v) is 4.07. The second-order valence-corrected chi connectivity index (χ2v) is 5.94. The van der Waals surface area contributed by atoms with Crippen LogP contribution in [0.3, 0.4) is 0 Å². The summed E-state index contributed by atoms with van der Waals surface area (Å²) in [6.07, 6.45) is 3.39. The molecule has 0 heterocycles. The van der Waals surface area contributed by atoms with Gasteiger partial charge in [0.05, 0.1) is 23.4 Å². The zero-order chi connectivity index (χ0) is 17.4. The summed E-state index contributed by atoms with van der Waals surface area (Å²) in [6.45, 7) is 0.